The number of hydrogen-bond donors (Lipinski definition) is 3. The molecule has 7 nitrogen and oxygen atoms in total. The summed E-state index contributed by atoms with van der Waals surface area (Å²) in [7, 11) is 0. The number of benzene rings is 1. The van der Waals surface area contributed by atoms with Crippen LogP contribution in [0.25, 0.3) is 0 Å². The molecule has 0 aromatic heterocycles. The Morgan fingerprint density at radius 1 is 1.09 bits per heavy atom. The molecular weight excluding hydrogens is 296 g/mol. The summed E-state index contributed by atoms with van der Waals surface area (Å²) in [6, 6.07) is 8.05. The first-order valence-corrected chi connectivity index (χ1v) is 7.85. The lowest BCUT2D eigenvalue weighted by atomic mass is 9.86. The van der Waals surface area contributed by atoms with E-state index in [1.165, 1.54) is 0 Å². The molecule has 0 radical (unpaired) electrons. The average Bonchev–Trinajstić information content (AvgIpc) is 2.54. The highest BCUT2D eigenvalue weighted by Crippen LogP contribution is 2.31. The van der Waals surface area contributed by atoms with Gasteiger partial charge in [-0.3, -0.25) is 10.1 Å². The maximum Gasteiger partial charge on any atom is 0.325 e. The summed E-state index contributed by atoms with van der Waals surface area (Å²) < 4.78 is 0. The molecule has 2 heterocycles. The fourth-order valence-electron chi connectivity index (χ4n) is 3.15. The van der Waals surface area contributed by atoms with Gasteiger partial charge in [-0.15, -0.1) is 0 Å². The molecule has 3 atom stereocenters. The molecule has 2 aliphatic rings. The van der Waals surface area contributed by atoms with E-state index in [4.69, 9.17) is 0 Å². The van der Waals surface area contributed by atoms with E-state index in [0.717, 1.165) is 18.4 Å². The lowest BCUT2D eigenvalue weighted by Gasteiger charge is -2.46. The van der Waals surface area contributed by atoms with E-state index in [-0.39, 0.29) is 11.9 Å². The molecular formula is C16H20N4O3. The SMILES string of the molecule is CCCCN1C(=O)NC(=O)C2C(c3ccccc3)NC(=O)NC21. The number of nitrogens with zero attached hydrogens (tertiary/aromatic N) is 1. The first-order valence-electron chi connectivity index (χ1n) is 7.85. The van der Waals surface area contributed by atoms with Gasteiger partial charge in [0, 0.05) is 6.54 Å². The second-order valence-corrected chi connectivity index (χ2v) is 5.82. The minimum atomic E-state index is -0.623. The van der Waals surface area contributed by atoms with Crippen molar-refractivity contribution < 1.29 is 14.4 Å². The first-order chi connectivity index (χ1) is 11.1. The van der Waals surface area contributed by atoms with Crippen LogP contribution in [0.5, 0.6) is 0 Å². The van der Waals surface area contributed by atoms with E-state index in [9.17, 15) is 14.4 Å². The number of urea groups is 2. The van der Waals surface area contributed by atoms with Crippen LogP contribution in [-0.2, 0) is 4.79 Å². The minimum absolute atomic E-state index is 0.367. The van der Waals surface area contributed by atoms with E-state index < -0.39 is 24.2 Å². The van der Waals surface area contributed by atoms with Gasteiger partial charge in [-0.05, 0) is 12.0 Å². The van der Waals surface area contributed by atoms with Crippen LogP contribution in [0.15, 0.2) is 30.3 Å². The van der Waals surface area contributed by atoms with Gasteiger partial charge in [0.05, 0.1) is 6.04 Å². The summed E-state index contributed by atoms with van der Waals surface area (Å²) in [6.07, 6.45) is 1.11. The number of nitrogens with one attached hydrogen (secondary N) is 3. The van der Waals surface area contributed by atoms with Crippen LogP contribution in [0.2, 0.25) is 0 Å². The molecule has 0 spiro atoms. The van der Waals surface area contributed by atoms with Crippen LogP contribution in [0, 0.1) is 5.92 Å². The second-order valence-electron chi connectivity index (χ2n) is 5.82. The molecule has 3 rings (SSSR count). The molecule has 7 heteroatoms. The topological polar surface area (TPSA) is 90.5 Å². The average molecular weight is 316 g/mol. The van der Waals surface area contributed by atoms with Gasteiger partial charge < -0.3 is 15.5 Å². The van der Waals surface area contributed by atoms with Gasteiger partial charge in [0.1, 0.15) is 12.1 Å². The van der Waals surface area contributed by atoms with Crippen LogP contribution in [0.1, 0.15) is 31.4 Å². The Morgan fingerprint density at radius 2 is 1.83 bits per heavy atom. The summed E-state index contributed by atoms with van der Waals surface area (Å²) >= 11 is 0. The zero-order valence-corrected chi connectivity index (χ0v) is 12.9. The maximum absolute atomic E-state index is 12.4. The zero-order chi connectivity index (χ0) is 16.4. The molecule has 1 aromatic rings. The number of hydrogen-bond acceptors (Lipinski definition) is 3. The number of rotatable bonds is 4. The van der Waals surface area contributed by atoms with E-state index in [2.05, 4.69) is 16.0 Å². The molecule has 5 amide bonds. The van der Waals surface area contributed by atoms with Crippen molar-refractivity contribution in [3.8, 4) is 0 Å². The number of carbonyl (C=O) groups is 3. The number of unbranched alkanes of at least 4 members (excludes halogenated alkanes) is 1. The number of imide groups is 1. The third-order valence-corrected chi connectivity index (χ3v) is 4.31. The first kappa shape index (κ1) is 15.3. The van der Waals surface area contributed by atoms with Gasteiger partial charge >= 0.3 is 12.1 Å². The van der Waals surface area contributed by atoms with Gasteiger partial charge in [0.2, 0.25) is 5.91 Å². The van der Waals surface area contributed by atoms with Crippen molar-refractivity contribution >= 4 is 18.0 Å². The highest BCUT2D eigenvalue weighted by molar-refractivity contribution is 6.00. The van der Waals surface area contributed by atoms with E-state index in [0.29, 0.717) is 6.54 Å². The van der Waals surface area contributed by atoms with Crippen LogP contribution in [-0.4, -0.2) is 35.6 Å². The van der Waals surface area contributed by atoms with Gasteiger partial charge in [0.15, 0.2) is 0 Å². The van der Waals surface area contributed by atoms with Crippen LogP contribution in [0.3, 0.4) is 0 Å². The van der Waals surface area contributed by atoms with Crippen molar-refractivity contribution in [1.29, 1.82) is 0 Å². The third-order valence-electron chi connectivity index (χ3n) is 4.31. The lowest BCUT2D eigenvalue weighted by Crippen LogP contribution is -2.72. The minimum Gasteiger partial charge on any atom is -0.330 e. The summed E-state index contributed by atoms with van der Waals surface area (Å²) in [5.74, 6) is -0.932. The van der Waals surface area contributed by atoms with E-state index in [1.54, 1.807) is 4.90 Å². The number of fused-ring (bicyclic) bond motifs is 1. The molecule has 0 bridgehead atoms. The smallest absolute Gasteiger partial charge is 0.325 e. The Balaban J connectivity index is 1.94. The molecule has 2 aliphatic heterocycles. The third kappa shape index (κ3) is 2.86. The van der Waals surface area contributed by atoms with Gasteiger partial charge in [-0.2, -0.15) is 0 Å². The monoisotopic (exact) mass is 316 g/mol. The zero-order valence-electron chi connectivity index (χ0n) is 12.9. The predicted octanol–water partition coefficient (Wildman–Crippen LogP) is 1.33. The van der Waals surface area contributed by atoms with Crippen molar-refractivity contribution in [1.82, 2.24) is 20.9 Å². The quantitative estimate of drug-likeness (QED) is 0.783. The standard InChI is InChI=1S/C16H20N4O3/c1-2-3-9-20-13-11(14(21)19-16(20)23)12(17-15(22)18-13)10-7-5-4-6-8-10/h4-8,11-13H,2-3,9H2,1H3,(H2,17,18,22)(H,19,21,23). The van der Waals surface area contributed by atoms with Crippen LogP contribution < -0.4 is 16.0 Å². The van der Waals surface area contributed by atoms with Gasteiger partial charge in [-0.1, -0.05) is 43.7 Å². The second kappa shape index (κ2) is 6.28. The molecule has 2 fully saturated rings. The fraction of sp³-hybridized carbons (Fsp3) is 0.438. The summed E-state index contributed by atoms with van der Waals surface area (Å²) in [6.45, 7) is 2.52. The summed E-state index contributed by atoms with van der Waals surface area (Å²) in [5.41, 5.74) is 0.845. The van der Waals surface area contributed by atoms with Crippen LogP contribution >= 0.6 is 0 Å². The Bertz CT molecular complexity index is 619. The number of carbonyl (C=O) groups excluding carboxylic acids is 3. The maximum atomic E-state index is 12.4. The van der Waals surface area contributed by atoms with Crippen molar-refractivity contribution in [2.45, 2.75) is 32.0 Å². The van der Waals surface area contributed by atoms with Crippen molar-refractivity contribution in [3.05, 3.63) is 35.9 Å². The van der Waals surface area contributed by atoms with Gasteiger partial charge in [0.25, 0.3) is 0 Å². The molecule has 23 heavy (non-hydrogen) atoms. The Labute approximate surface area is 134 Å². The number of amides is 5. The predicted molar refractivity (Wildman–Crippen MR) is 83.3 cm³/mol. The summed E-state index contributed by atoms with van der Waals surface area (Å²) in [4.78, 5) is 38.1. The normalized spacial score (nSPS) is 26.9. The highest BCUT2D eigenvalue weighted by atomic mass is 16.2. The largest absolute Gasteiger partial charge is 0.330 e. The molecule has 3 N–H and O–H groups in total. The highest BCUT2D eigenvalue weighted by Gasteiger charge is 2.49. The fourth-order valence-corrected chi connectivity index (χ4v) is 3.15. The molecule has 0 saturated carbocycles. The molecule has 122 valence electrons. The lowest BCUT2D eigenvalue weighted by molar-refractivity contribution is -0.130. The molecule has 2 saturated heterocycles. The summed E-state index contributed by atoms with van der Waals surface area (Å²) in [5, 5.41) is 7.95. The van der Waals surface area contributed by atoms with Crippen molar-refractivity contribution in [2.24, 2.45) is 5.92 Å². The van der Waals surface area contributed by atoms with Crippen molar-refractivity contribution in [3.63, 3.8) is 0 Å². The van der Waals surface area contributed by atoms with Crippen molar-refractivity contribution in [2.75, 3.05) is 6.54 Å². The Kier molecular flexibility index (Phi) is 4.18. The molecule has 1 aromatic carbocycles. The molecule has 3 unspecified atom stereocenters. The van der Waals surface area contributed by atoms with Gasteiger partial charge in [-0.25, -0.2) is 9.59 Å². The van der Waals surface area contributed by atoms with E-state index >= 15 is 0 Å². The molecule has 0 aliphatic carbocycles. The van der Waals surface area contributed by atoms with E-state index in [1.807, 2.05) is 37.3 Å². The Hall–Kier alpha value is -2.57. The Morgan fingerprint density at radius 3 is 2.52 bits per heavy atom. The van der Waals surface area contributed by atoms with Crippen LogP contribution in [0.4, 0.5) is 9.59 Å².